The summed E-state index contributed by atoms with van der Waals surface area (Å²) in [5, 5.41) is 2.96. The third kappa shape index (κ3) is 4.58. The van der Waals surface area contributed by atoms with Gasteiger partial charge in [0.25, 0.3) is 5.91 Å². The van der Waals surface area contributed by atoms with Crippen LogP contribution in [0.2, 0.25) is 5.02 Å². The van der Waals surface area contributed by atoms with Crippen molar-refractivity contribution in [3.8, 4) is 0 Å². The fraction of sp³-hybridized carbons (Fsp3) is 0.250. The highest BCUT2D eigenvalue weighted by Crippen LogP contribution is 2.26. The Morgan fingerprint density at radius 1 is 1.26 bits per heavy atom. The molecular weight excluding hydrogens is 322 g/mol. The number of ether oxygens (including phenoxy) is 2. The second kappa shape index (κ2) is 8.36. The van der Waals surface area contributed by atoms with Gasteiger partial charge in [0.1, 0.15) is 0 Å². The van der Waals surface area contributed by atoms with Crippen molar-refractivity contribution in [3.05, 3.63) is 59.0 Å². The van der Waals surface area contributed by atoms with E-state index in [0.29, 0.717) is 17.2 Å². The molecule has 1 aromatic carbocycles. The number of amides is 1. The first-order chi connectivity index (χ1) is 11.1. The summed E-state index contributed by atoms with van der Waals surface area (Å²) < 4.78 is 15.1. The van der Waals surface area contributed by atoms with Crippen molar-refractivity contribution in [2.24, 2.45) is 0 Å². The van der Waals surface area contributed by atoms with Crippen molar-refractivity contribution < 1.29 is 23.5 Å². The van der Waals surface area contributed by atoms with E-state index in [1.807, 2.05) is 0 Å². The first-order valence-electron chi connectivity index (χ1n) is 6.89. The molecule has 1 aromatic heterocycles. The second-order valence-corrected chi connectivity index (χ2v) is 4.98. The van der Waals surface area contributed by atoms with Crippen molar-refractivity contribution in [1.29, 1.82) is 0 Å². The molecule has 0 spiro atoms. The number of rotatable bonds is 7. The van der Waals surface area contributed by atoms with Crippen LogP contribution in [0.1, 0.15) is 22.2 Å². The van der Waals surface area contributed by atoms with Crippen molar-refractivity contribution in [2.45, 2.75) is 6.10 Å². The largest absolute Gasteiger partial charge is 0.457 e. The molecule has 1 atom stereocenters. The SMILES string of the molecule is COCCNC(=O)[C@@H](OC(=O)c1ccco1)c1ccccc1Cl. The van der Waals surface area contributed by atoms with E-state index in [-0.39, 0.29) is 12.3 Å². The molecule has 23 heavy (non-hydrogen) atoms. The number of hydrogen-bond donors (Lipinski definition) is 1. The highest BCUT2D eigenvalue weighted by atomic mass is 35.5. The van der Waals surface area contributed by atoms with E-state index < -0.39 is 18.0 Å². The summed E-state index contributed by atoms with van der Waals surface area (Å²) in [6.45, 7) is 0.627. The van der Waals surface area contributed by atoms with Gasteiger partial charge in [0, 0.05) is 24.2 Å². The zero-order valence-corrected chi connectivity index (χ0v) is 13.2. The fourth-order valence-corrected chi connectivity index (χ4v) is 2.11. The van der Waals surface area contributed by atoms with Gasteiger partial charge in [-0.2, -0.15) is 0 Å². The van der Waals surface area contributed by atoms with E-state index >= 15 is 0 Å². The number of halogens is 1. The Kier molecular flexibility index (Phi) is 6.19. The molecule has 0 saturated carbocycles. The van der Waals surface area contributed by atoms with Crippen molar-refractivity contribution in [2.75, 3.05) is 20.3 Å². The van der Waals surface area contributed by atoms with Gasteiger partial charge in [-0.05, 0) is 18.2 Å². The lowest BCUT2D eigenvalue weighted by atomic mass is 10.1. The molecule has 1 heterocycles. The van der Waals surface area contributed by atoms with Gasteiger partial charge in [-0.15, -0.1) is 0 Å². The van der Waals surface area contributed by atoms with Gasteiger partial charge < -0.3 is 19.2 Å². The van der Waals surface area contributed by atoms with Crippen molar-refractivity contribution >= 4 is 23.5 Å². The van der Waals surface area contributed by atoms with Gasteiger partial charge >= 0.3 is 5.97 Å². The number of nitrogens with one attached hydrogen (secondary N) is 1. The molecule has 1 N–H and O–H groups in total. The lowest BCUT2D eigenvalue weighted by molar-refractivity contribution is -0.130. The van der Waals surface area contributed by atoms with E-state index in [9.17, 15) is 9.59 Å². The quantitative estimate of drug-likeness (QED) is 0.620. The molecule has 6 nitrogen and oxygen atoms in total. The van der Waals surface area contributed by atoms with Crippen LogP contribution in [0.25, 0.3) is 0 Å². The van der Waals surface area contributed by atoms with Crippen LogP contribution < -0.4 is 5.32 Å². The fourth-order valence-electron chi connectivity index (χ4n) is 1.87. The summed E-state index contributed by atoms with van der Waals surface area (Å²) in [5.74, 6) is -1.23. The van der Waals surface area contributed by atoms with Crippen LogP contribution in [0.3, 0.4) is 0 Å². The van der Waals surface area contributed by atoms with Gasteiger partial charge in [0.05, 0.1) is 12.9 Å². The number of benzene rings is 1. The summed E-state index contributed by atoms with van der Waals surface area (Å²) in [7, 11) is 1.52. The molecular formula is C16H16ClNO5. The van der Waals surface area contributed by atoms with E-state index in [0.717, 1.165) is 0 Å². The Bertz CT molecular complexity index is 656. The summed E-state index contributed by atoms with van der Waals surface area (Å²) in [6.07, 6.45) is 0.165. The smallest absolute Gasteiger partial charge is 0.375 e. The van der Waals surface area contributed by atoms with Crippen LogP contribution in [-0.2, 0) is 14.3 Å². The maximum absolute atomic E-state index is 12.3. The van der Waals surface area contributed by atoms with Crippen LogP contribution in [0.5, 0.6) is 0 Å². The molecule has 2 aromatic rings. The number of furan rings is 1. The zero-order chi connectivity index (χ0) is 16.7. The molecule has 0 unspecified atom stereocenters. The molecule has 0 aliphatic heterocycles. The van der Waals surface area contributed by atoms with E-state index in [1.165, 1.54) is 19.4 Å². The topological polar surface area (TPSA) is 77.8 Å². The minimum absolute atomic E-state index is 0.00625. The van der Waals surface area contributed by atoms with Crippen LogP contribution in [0, 0.1) is 0 Å². The molecule has 0 fully saturated rings. The lowest BCUT2D eigenvalue weighted by Gasteiger charge is -2.18. The van der Waals surface area contributed by atoms with Crippen LogP contribution in [0.15, 0.2) is 47.1 Å². The number of hydrogen-bond acceptors (Lipinski definition) is 5. The zero-order valence-electron chi connectivity index (χ0n) is 12.5. The lowest BCUT2D eigenvalue weighted by Crippen LogP contribution is -2.34. The second-order valence-electron chi connectivity index (χ2n) is 4.57. The Balaban J connectivity index is 2.19. The molecule has 0 bridgehead atoms. The van der Waals surface area contributed by atoms with Gasteiger partial charge in [-0.25, -0.2) is 4.79 Å². The highest BCUT2D eigenvalue weighted by molar-refractivity contribution is 6.31. The summed E-state index contributed by atoms with van der Waals surface area (Å²) in [5.41, 5.74) is 0.393. The predicted molar refractivity (Wildman–Crippen MR) is 83.2 cm³/mol. The van der Waals surface area contributed by atoms with Crippen LogP contribution in [-0.4, -0.2) is 32.1 Å². The minimum Gasteiger partial charge on any atom is -0.457 e. The molecule has 0 radical (unpaired) electrons. The third-order valence-electron chi connectivity index (χ3n) is 2.98. The van der Waals surface area contributed by atoms with Gasteiger partial charge in [0.15, 0.2) is 0 Å². The molecule has 1 amide bonds. The first kappa shape index (κ1) is 17.1. The predicted octanol–water partition coefficient (Wildman–Crippen LogP) is 2.59. The summed E-state index contributed by atoms with van der Waals surface area (Å²) in [6, 6.07) is 9.68. The Labute approximate surface area is 138 Å². The molecule has 0 aliphatic carbocycles. The van der Waals surface area contributed by atoms with Crippen LogP contribution in [0.4, 0.5) is 0 Å². The van der Waals surface area contributed by atoms with Crippen LogP contribution >= 0.6 is 11.6 Å². The monoisotopic (exact) mass is 337 g/mol. The maximum Gasteiger partial charge on any atom is 0.375 e. The van der Waals surface area contributed by atoms with Gasteiger partial charge in [-0.1, -0.05) is 29.8 Å². The molecule has 122 valence electrons. The van der Waals surface area contributed by atoms with Crippen molar-refractivity contribution in [1.82, 2.24) is 5.32 Å². The average molecular weight is 338 g/mol. The molecule has 0 saturated heterocycles. The Hall–Kier alpha value is -2.31. The molecule has 7 heteroatoms. The third-order valence-corrected chi connectivity index (χ3v) is 3.32. The molecule has 0 aliphatic rings. The summed E-state index contributed by atoms with van der Waals surface area (Å²) >= 11 is 6.11. The number of carbonyl (C=O) groups is 2. The highest BCUT2D eigenvalue weighted by Gasteiger charge is 2.28. The standard InChI is InChI=1S/C16H16ClNO5/c1-21-10-8-18-15(19)14(11-5-2-3-6-12(11)17)23-16(20)13-7-4-9-22-13/h2-7,9,14H,8,10H2,1H3,(H,18,19)/t14-/m0/s1. The van der Waals surface area contributed by atoms with E-state index in [4.69, 9.17) is 25.5 Å². The van der Waals surface area contributed by atoms with E-state index in [1.54, 1.807) is 30.3 Å². The van der Waals surface area contributed by atoms with E-state index in [2.05, 4.69) is 5.32 Å². The maximum atomic E-state index is 12.3. The minimum atomic E-state index is -1.18. The summed E-state index contributed by atoms with van der Waals surface area (Å²) in [4.78, 5) is 24.4. The average Bonchev–Trinajstić information content (AvgIpc) is 3.08. The van der Waals surface area contributed by atoms with Gasteiger partial charge in [0.2, 0.25) is 11.9 Å². The number of carbonyl (C=O) groups excluding carboxylic acids is 2. The number of esters is 1. The Morgan fingerprint density at radius 3 is 2.70 bits per heavy atom. The van der Waals surface area contributed by atoms with Crippen molar-refractivity contribution in [3.63, 3.8) is 0 Å². The molecule has 2 rings (SSSR count). The first-order valence-corrected chi connectivity index (χ1v) is 7.27. The van der Waals surface area contributed by atoms with Gasteiger partial charge in [-0.3, -0.25) is 4.79 Å². The normalized spacial score (nSPS) is 11.7. The number of methoxy groups -OCH3 is 1. The Morgan fingerprint density at radius 2 is 2.04 bits per heavy atom.